The van der Waals surface area contributed by atoms with E-state index in [4.69, 9.17) is 20.8 Å². The second kappa shape index (κ2) is 7.13. The molecular weight excluding hydrogens is 364 g/mol. The van der Waals surface area contributed by atoms with Crippen molar-refractivity contribution in [2.24, 2.45) is 0 Å². The van der Waals surface area contributed by atoms with Crippen LogP contribution in [0.3, 0.4) is 0 Å². The monoisotopic (exact) mass is 378 g/mol. The van der Waals surface area contributed by atoms with Gasteiger partial charge in [-0.2, -0.15) is 0 Å². The number of hydrogen-bond acceptors (Lipinski definition) is 4. The van der Waals surface area contributed by atoms with E-state index in [1.165, 1.54) is 0 Å². The summed E-state index contributed by atoms with van der Waals surface area (Å²) in [6.45, 7) is 0. The lowest BCUT2D eigenvalue weighted by molar-refractivity contribution is 0.102. The van der Waals surface area contributed by atoms with Gasteiger partial charge in [-0.25, -0.2) is 4.98 Å². The number of rotatable bonds is 4. The highest BCUT2D eigenvalue weighted by atomic mass is 35.5. The molecule has 0 fully saturated rings. The third-order valence-corrected chi connectivity index (χ3v) is 4.28. The molecule has 5 nitrogen and oxygen atoms in total. The van der Waals surface area contributed by atoms with Crippen LogP contribution in [0.25, 0.3) is 22.6 Å². The highest BCUT2D eigenvalue weighted by Crippen LogP contribution is 2.28. The Balaban J connectivity index is 1.60. The molecule has 4 rings (SSSR count). The fourth-order valence-electron chi connectivity index (χ4n) is 2.71. The van der Waals surface area contributed by atoms with Gasteiger partial charge in [0, 0.05) is 27.9 Å². The molecule has 0 unspecified atom stereocenters. The molecule has 0 saturated heterocycles. The normalized spacial score (nSPS) is 10.7. The number of hydrogen-bond donors (Lipinski definition) is 1. The molecule has 3 aromatic carbocycles. The van der Waals surface area contributed by atoms with Gasteiger partial charge in [-0.05, 0) is 48.5 Å². The standard InChI is InChI=1S/C21H15ClN2O3/c1-26-17-7-3-4-13(11-17)20(25)23-16-8-9-18-19(12-16)27-21(24-18)14-5-2-6-15(22)10-14/h2-12H,1H3,(H,23,25). The minimum Gasteiger partial charge on any atom is -0.497 e. The molecule has 1 heterocycles. The Bertz CT molecular complexity index is 1140. The maximum Gasteiger partial charge on any atom is 0.255 e. The number of nitrogens with zero attached hydrogens (tertiary/aromatic N) is 1. The van der Waals surface area contributed by atoms with E-state index in [-0.39, 0.29) is 5.91 Å². The summed E-state index contributed by atoms with van der Waals surface area (Å²) < 4.78 is 11.0. The van der Waals surface area contributed by atoms with E-state index in [9.17, 15) is 4.79 Å². The molecule has 6 heteroatoms. The number of ether oxygens (including phenoxy) is 1. The van der Waals surface area contributed by atoms with Crippen LogP contribution in [-0.4, -0.2) is 18.0 Å². The lowest BCUT2D eigenvalue weighted by atomic mass is 10.2. The SMILES string of the molecule is COc1cccc(C(=O)Nc2ccc3nc(-c4cccc(Cl)c4)oc3c2)c1. The van der Waals surface area contributed by atoms with E-state index in [1.807, 2.05) is 12.1 Å². The Morgan fingerprint density at radius 3 is 2.74 bits per heavy atom. The highest BCUT2D eigenvalue weighted by molar-refractivity contribution is 6.30. The van der Waals surface area contributed by atoms with Gasteiger partial charge in [-0.3, -0.25) is 4.79 Å². The first-order valence-corrected chi connectivity index (χ1v) is 8.62. The number of fused-ring (bicyclic) bond motifs is 1. The molecule has 27 heavy (non-hydrogen) atoms. The molecule has 0 saturated carbocycles. The Morgan fingerprint density at radius 2 is 1.93 bits per heavy atom. The van der Waals surface area contributed by atoms with Crippen LogP contribution in [0.1, 0.15) is 10.4 Å². The van der Waals surface area contributed by atoms with Gasteiger partial charge < -0.3 is 14.5 Å². The number of oxazole rings is 1. The van der Waals surface area contributed by atoms with Gasteiger partial charge in [0.05, 0.1) is 7.11 Å². The number of benzene rings is 3. The Morgan fingerprint density at radius 1 is 1.07 bits per heavy atom. The molecule has 1 N–H and O–H groups in total. The summed E-state index contributed by atoms with van der Waals surface area (Å²) in [5, 5.41) is 3.47. The number of nitrogens with one attached hydrogen (secondary N) is 1. The maximum atomic E-state index is 12.5. The van der Waals surface area contributed by atoms with Crippen LogP contribution < -0.4 is 10.1 Å². The molecule has 0 bridgehead atoms. The average molecular weight is 379 g/mol. The summed E-state index contributed by atoms with van der Waals surface area (Å²) in [4.78, 5) is 16.9. The fourth-order valence-corrected chi connectivity index (χ4v) is 2.91. The topological polar surface area (TPSA) is 64.4 Å². The van der Waals surface area contributed by atoms with Crippen LogP contribution in [0.2, 0.25) is 5.02 Å². The third kappa shape index (κ3) is 3.64. The van der Waals surface area contributed by atoms with Gasteiger partial charge in [0.2, 0.25) is 5.89 Å². The van der Waals surface area contributed by atoms with Crippen molar-refractivity contribution in [3.05, 3.63) is 77.3 Å². The third-order valence-electron chi connectivity index (χ3n) is 4.05. The first kappa shape index (κ1) is 17.1. The Labute approximate surface area is 160 Å². The fraction of sp³-hybridized carbons (Fsp3) is 0.0476. The number of carbonyl (C=O) groups excluding carboxylic acids is 1. The number of anilines is 1. The van der Waals surface area contributed by atoms with Crippen LogP contribution in [0.5, 0.6) is 5.75 Å². The first-order chi connectivity index (χ1) is 13.1. The van der Waals surface area contributed by atoms with Crippen molar-refractivity contribution in [1.82, 2.24) is 4.98 Å². The van der Waals surface area contributed by atoms with E-state index >= 15 is 0 Å². The van der Waals surface area contributed by atoms with Gasteiger partial charge in [0.15, 0.2) is 5.58 Å². The molecule has 0 aliphatic heterocycles. The highest BCUT2D eigenvalue weighted by Gasteiger charge is 2.11. The molecule has 1 amide bonds. The van der Waals surface area contributed by atoms with Crippen molar-refractivity contribution >= 4 is 34.3 Å². The molecule has 1 aromatic heterocycles. The molecule has 0 atom stereocenters. The summed E-state index contributed by atoms with van der Waals surface area (Å²) in [5.41, 5.74) is 3.19. The van der Waals surface area contributed by atoms with Crippen LogP contribution in [-0.2, 0) is 0 Å². The average Bonchev–Trinajstić information content (AvgIpc) is 3.11. The van der Waals surface area contributed by atoms with Crippen molar-refractivity contribution < 1.29 is 13.9 Å². The van der Waals surface area contributed by atoms with Gasteiger partial charge in [-0.1, -0.05) is 23.7 Å². The van der Waals surface area contributed by atoms with Gasteiger partial charge in [-0.15, -0.1) is 0 Å². The Kier molecular flexibility index (Phi) is 4.52. The molecule has 0 radical (unpaired) electrons. The lowest BCUT2D eigenvalue weighted by Gasteiger charge is -2.06. The molecule has 0 spiro atoms. The predicted octanol–water partition coefficient (Wildman–Crippen LogP) is 5.41. The Hall–Kier alpha value is -3.31. The van der Waals surface area contributed by atoms with Gasteiger partial charge >= 0.3 is 0 Å². The number of aromatic nitrogens is 1. The molecular formula is C21H15ClN2O3. The summed E-state index contributed by atoms with van der Waals surface area (Å²) in [6, 6.07) is 19.6. The number of halogens is 1. The van der Waals surface area contributed by atoms with E-state index in [2.05, 4.69) is 10.3 Å². The van der Waals surface area contributed by atoms with E-state index < -0.39 is 0 Å². The largest absolute Gasteiger partial charge is 0.497 e. The van der Waals surface area contributed by atoms with Crippen LogP contribution in [0.4, 0.5) is 5.69 Å². The van der Waals surface area contributed by atoms with Crippen LogP contribution in [0.15, 0.2) is 71.1 Å². The number of amides is 1. The zero-order valence-corrected chi connectivity index (χ0v) is 15.2. The van der Waals surface area contributed by atoms with E-state index in [1.54, 1.807) is 61.7 Å². The van der Waals surface area contributed by atoms with Crippen molar-refractivity contribution in [2.75, 3.05) is 12.4 Å². The van der Waals surface area contributed by atoms with Crippen molar-refractivity contribution in [2.45, 2.75) is 0 Å². The minimum absolute atomic E-state index is 0.233. The van der Waals surface area contributed by atoms with Crippen LogP contribution in [0, 0.1) is 0 Å². The summed E-state index contributed by atoms with van der Waals surface area (Å²) in [5.74, 6) is 0.867. The molecule has 0 aliphatic rings. The summed E-state index contributed by atoms with van der Waals surface area (Å²) >= 11 is 6.03. The zero-order valence-electron chi connectivity index (χ0n) is 14.4. The van der Waals surface area contributed by atoms with Gasteiger partial charge in [0.1, 0.15) is 11.3 Å². The smallest absolute Gasteiger partial charge is 0.255 e. The van der Waals surface area contributed by atoms with Crippen molar-refractivity contribution in [3.63, 3.8) is 0 Å². The predicted molar refractivity (Wildman–Crippen MR) is 105 cm³/mol. The van der Waals surface area contributed by atoms with Crippen molar-refractivity contribution in [1.29, 1.82) is 0 Å². The van der Waals surface area contributed by atoms with Crippen LogP contribution >= 0.6 is 11.6 Å². The molecule has 134 valence electrons. The molecule has 0 aliphatic carbocycles. The van der Waals surface area contributed by atoms with E-state index in [0.717, 1.165) is 5.56 Å². The maximum absolute atomic E-state index is 12.5. The van der Waals surface area contributed by atoms with E-state index in [0.29, 0.717) is 39.0 Å². The van der Waals surface area contributed by atoms with Crippen molar-refractivity contribution in [3.8, 4) is 17.2 Å². The minimum atomic E-state index is -0.233. The lowest BCUT2D eigenvalue weighted by Crippen LogP contribution is -2.11. The zero-order chi connectivity index (χ0) is 18.8. The number of methoxy groups -OCH3 is 1. The summed E-state index contributed by atoms with van der Waals surface area (Å²) in [6.07, 6.45) is 0. The first-order valence-electron chi connectivity index (χ1n) is 8.24. The second-order valence-corrected chi connectivity index (χ2v) is 6.33. The van der Waals surface area contributed by atoms with Gasteiger partial charge in [0.25, 0.3) is 5.91 Å². The second-order valence-electron chi connectivity index (χ2n) is 5.90. The number of carbonyl (C=O) groups is 1. The summed E-state index contributed by atoms with van der Waals surface area (Å²) in [7, 11) is 1.56. The molecule has 4 aromatic rings. The quantitative estimate of drug-likeness (QED) is 0.515.